The fourth-order valence-electron chi connectivity index (χ4n) is 1.33. The van der Waals surface area contributed by atoms with Crippen molar-refractivity contribution in [3.05, 3.63) is 11.6 Å². The van der Waals surface area contributed by atoms with Gasteiger partial charge < -0.3 is 5.11 Å². The number of unbranched alkanes of at least 4 members (excludes halogenated alkanes) is 2. The molecule has 5 heteroatoms. The summed E-state index contributed by atoms with van der Waals surface area (Å²) in [6.07, 6.45) is 3.30. The van der Waals surface area contributed by atoms with Crippen molar-refractivity contribution in [3.8, 4) is 0 Å². The maximum absolute atomic E-state index is 11.4. The number of hydrogen-bond donors (Lipinski definition) is 2. The van der Waals surface area contributed by atoms with Crippen LogP contribution in [0.4, 0.5) is 0 Å². The van der Waals surface area contributed by atoms with Crippen molar-refractivity contribution in [2.24, 2.45) is 0 Å². The molecule has 82 valence electrons. The summed E-state index contributed by atoms with van der Waals surface area (Å²) in [4.78, 5) is 33.2. The lowest BCUT2D eigenvalue weighted by Crippen LogP contribution is -2.24. The van der Waals surface area contributed by atoms with Crippen LogP contribution in [0, 0.1) is 0 Å². The molecule has 2 N–H and O–H groups in total. The number of amides is 2. The van der Waals surface area contributed by atoms with E-state index in [0.29, 0.717) is 12.8 Å². The molecule has 0 atom stereocenters. The van der Waals surface area contributed by atoms with Gasteiger partial charge >= 0.3 is 0 Å². The number of nitrogens with one attached hydrogen (secondary N) is 1. The molecule has 0 aliphatic carbocycles. The highest BCUT2D eigenvalue weighted by atomic mass is 16.3. The first-order valence-electron chi connectivity index (χ1n) is 4.86. The topological polar surface area (TPSA) is 83.5 Å². The number of imide groups is 1. The van der Waals surface area contributed by atoms with Gasteiger partial charge in [0.25, 0.3) is 11.8 Å². The maximum atomic E-state index is 11.4. The Balaban J connectivity index is 2.37. The smallest absolute Gasteiger partial charge is 0.261 e. The third-order valence-electron chi connectivity index (χ3n) is 2.12. The van der Waals surface area contributed by atoms with Gasteiger partial charge in [0.15, 0.2) is 5.78 Å². The van der Waals surface area contributed by atoms with Gasteiger partial charge in [-0.05, 0) is 12.8 Å². The van der Waals surface area contributed by atoms with Crippen molar-refractivity contribution in [3.63, 3.8) is 0 Å². The number of aliphatic hydroxyl groups is 1. The van der Waals surface area contributed by atoms with E-state index < -0.39 is 11.8 Å². The molecule has 0 bridgehead atoms. The molecular formula is C10H13NO4. The Kier molecular flexibility index (Phi) is 4.17. The average Bonchev–Trinajstić information content (AvgIpc) is 2.52. The Hall–Kier alpha value is -1.49. The highest BCUT2D eigenvalue weighted by Crippen LogP contribution is 2.09. The quantitative estimate of drug-likeness (QED) is 0.358. The van der Waals surface area contributed by atoms with Gasteiger partial charge in [0.05, 0.1) is 5.57 Å². The summed E-state index contributed by atoms with van der Waals surface area (Å²) in [5.74, 6) is -1.44. The summed E-state index contributed by atoms with van der Waals surface area (Å²) < 4.78 is 0. The van der Waals surface area contributed by atoms with Crippen molar-refractivity contribution in [1.82, 2.24) is 5.32 Å². The molecule has 1 aliphatic rings. The zero-order chi connectivity index (χ0) is 11.3. The molecule has 0 saturated carbocycles. The van der Waals surface area contributed by atoms with Crippen LogP contribution >= 0.6 is 0 Å². The molecule has 5 nitrogen and oxygen atoms in total. The molecule has 0 aromatic carbocycles. The van der Waals surface area contributed by atoms with E-state index >= 15 is 0 Å². The standard InChI is InChI=1S/C10H13NO4/c12-5-3-1-2-4-8(13)7-6-9(14)11-10(7)15/h6,12H,1-5H2,(H,11,14,15). The third kappa shape index (κ3) is 3.28. The number of carbonyl (C=O) groups is 3. The van der Waals surface area contributed by atoms with Crippen molar-refractivity contribution >= 4 is 17.6 Å². The number of hydrogen-bond acceptors (Lipinski definition) is 4. The molecule has 0 radical (unpaired) electrons. The van der Waals surface area contributed by atoms with Crippen LogP contribution in [0.15, 0.2) is 11.6 Å². The fourth-order valence-corrected chi connectivity index (χ4v) is 1.33. The number of ketones is 1. The molecule has 1 heterocycles. The third-order valence-corrected chi connectivity index (χ3v) is 2.12. The number of carbonyl (C=O) groups excluding carboxylic acids is 3. The highest BCUT2D eigenvalue weighted by molar-refractivity contribution is 6.30. The van der Waals surface area contributed by atoms with Crippen molar-refractivity contribution in [2.45, 2.75) is 25.7 Å². The Labute approximate surface area is 87.2 Å². The van der Waals surface area contributed by atoms with Crippen LogP contribution in [-0.4, -0.2) is 29.3 Å². The van der Waals surface area contributed by atoms with Gasteiger partial charge in [-0.3, -0.25) is 19.7 Å². The molecule has 0 fully saturated rings. The van der Waals surface area contributed by atoms with Crippen LogP contribution in [0.5, 0.6) is 0 Å². The molecule has 2 amide bonds. The molecule has 0 spiro atoms. The Morgan fingerprint density at radius 1 is 1.27 bits per heavy atom. The first kappa shape index (κ1) is 11.6. The van der Waals surface area contributed by atoms with E-state index in [1.807, 2.05) is 5.32 Å². The summed E-state index contributed by atoms with van der Waals surface area (Å²) >= 11 is 0. The van der Waals surface area contributed by atoms with E-state index in [1.165, 1.54) is 0 Å². The highest BCUT2D eigenvalue weighted by Gasteiger charge is 2.25. The predicted octanol–water partition coefficient (Wildman–Crippen LogP) is -0.309. The first-order chi connectivity index (χ1) is 7.15. The monoisotopic (exact) mass is 211 g/mol. The van der Waals surface area contributed by atoms with Crippen LogP contribution in [-0.2, 0) is 14.4 Å². The van der Waals surface area contributed by atoms with E-state index in [9.17, 15) is 14.4 Å². The van der Waals surface area contributed by atoms with E-state index in [-0.39, 0.29) is 24.4 Å². The lowest BCUT2D eigenvalue weighted by molar-refractivity contribution is -0.125. The SMILES string of the molecule is O=C1C=C(C(=O)CCCCCO)C(=O)N1. The summed E-state index contributed by atoms with van der Waals surface area (Å²) in [5, 5.41) is 10.5. The maximum Gasteiger partial charge on any atom is 0.261 e. The Morgan fingerprint density at radius 2 is 2.00 bits per heavy atom. The Morgan fingerprint density at radius 3 is 2.53 bits per heavy atom. The van der Waals surface area contributed by atoms with Crippen LogP contribution in [0.25, 0.3) is 0 Å². The Bertz CT molecular complexity index is 319. The molecule has 0 aromatic heterocycles. The first-order valence-corrected chi connectivity index (χ1v) is 4.86. The second-order valence-corrected chi connectivity index (χ2v) is 3.33. The molecule has 15 heavy (non-hydrogen) atoms. The average molecular weight is 211 g/mol. The lowest BCUT2D eigenvalue weighted by atomic mass is 10.1. The summed E-state index contributed by atoms with van der Waals surface area (Å²) in [7, 11) is 0. The molecule has 0 unspecified atom stereocenters. The van der Waals surface area contributed by atoms with Gasteiger partial charge in [-0.2, -0.15) is 0 Å². The fraction of sp³-hybridized carbons (Fsp3) is 0.500. The van der Waals surface area contributed by atoms with Crippen LogP contribution in [0.2, 0.25) is 0 Å². The van der Waals surface area contributed by atoms with Crippen LogP contribution < -0.4 is 5.32 Å². The van der Waals surface area contributed by atoms with Gasteiger partial charge in [0.1, 0.15) is 0 Å². The van der Waals surface area contributed by atoms with Gasteiger partial charge in [0.2, 0.25) is 0 Å². The molecule has 0 aromatic rings. The minimum absolute atomic E-state index is 0.0519. The molecular weight excluding hydrogens is 198 g/mol. The van der Waals surface area contributed by atoms with E-state index in [4.69, 9.17) is 5.11 Å². The van der Waals surface area contributed by atoms with E-state index in [0.717, 1.165) is 12.5 Å². The van der Waals surface area contributed by atoms with Crippen molar-refractivity contribution in [1.29, 1.82) is 0 Å². The second-order valence-electron chi connectivity index (χ2n) is 3.33. The molecule has 1 rings (SSSR count). The van der Waals surface area contributed by atoms with Crippen LogP contribution in [0.1, 0.15) is 25.7 Å². The number of rotatable bonds is 6. The van der Waals surface area contributed by atoms with Gasteiger partial charge in [-0.25, -0.2) is 0 Å². The minimum Gasteiger partial charge on any atom is -0.396 e. The van der Waals surface area contributed by atoms with Gasteiger partial charge in [-0.1, -0.05) is 6.42 Å². The van der Waals surface area contributed by atoms with Crippen molar-refractivity contribution < 1.29 is 19.5 Å². The van der Waals surface area contributed by atoms with E-state index in [1.54, 1.807) is 0 Å². The second kappa shape index (κ2) is 5.41. The largest absolute Gasteiger partial charge is 0.396 e. The predicted molar refractivity (Wildman–Crippen MR) is 51.8 cm³/mol. The summed E-state index contributed by atoms with van der Waals surface area (Å²) in [5.41, 5.74) is -0.0519. The number of aliphatic hydroxyl groups excluding tert-OH is 1. The number of Topliss-reactive ketones (excluding diaryl/α,β-unsaturated/α-hetero) is 1. The van der Waals surface area contributed by atoms with Crippen LogP contribution in [0.3, 0.4) is 0 Å². The van der Waals surface area contributed by atoms with E-state index in [2.05, 4.69) is 0 Å². The zero-order valence-electron chi connectivity index (χ0n) is 8.28. The normalized spacial score (nSPS) is 15.1. The van der Waals surface area contributed by atoms with Crippen molar-refractivity contribution in [2.75, 3.05) is 6.61 Å². The summed E-state index contributed by atoms with van der Waals surface area (Å²) in [6, 6.07) is 0. The molecule has 1 aliphatic heterocycles. The minimum atomic E-state index is -0.604. The van der Waals surface area contributed by atoms with Gasteiger partial charge in [0, 0.05) is 19.1 Å². The zero-order valence-corrected chi connectivity index (χ0v) is 8.28. The summed E-state index contributed by atoms with van der Waals surface area (Å²) in [6.45, 7) is 0.107. The lowest BCUT2D eigenvalue weighted by Gasteiger charge is -1.99. The molecule has 0 saturated heterocycles. The van der Waals surface area contributed by atoms with Gasteiger partial charge in [-0.15, -0.1) is 0 Å².